The maximum atomic E-state index is 4.55. The highest BCUT2D eigenvalue weighted by Gasteiger charge is 2.21. The minimum Gasteiger partial charge on any atom is -0.335 e. The van der Waals surface area contributed by atoms with Crippen LogP contribution in [-0.4, -0.2) is 16.1 Å². The van der Waals surface area contributed by atoms with E-state index in [0.717, 1.165) is 19.5 Å². The number of aromatic nitrogens is 2. The average molecular weight is 303 g/mol. The van der Waals surface area contributed by atoms with Crippen LogP contribution in [0.5, 0.6) is 0 Å². The summed E-state index contributed by atoms with van der Waals surface area (Å²) >= 11 is 2.02. The van der Waals surface area contributed by atoms with Crippen LogP contribution in [0.2, 0.25) is 0 Å². The number of thiophene rings is 1. The van der Waals surface area contributed by atoms with Crippen molar-refractivity contribution in [2.75, 3.05) is 6.54 Å². The van der Waals surface area contributed by atoms with E-state index in [0.29, 0.717) is 6.04 Å². The molecular weight excluding hydrogens is 278 g/mol. The van der Waals surface area contributed by atoms with Gasteiger partial charge in [0.05, 0.1) is 0 Å². The van der Waals surface area contributed by atoms with Gasteiger partial charge in [0.25, 0.3) is 0 Å². The van der Waals surface area contributed by atoms with Gasteiger partial charge >= 0.3 is 0 Å². The Balaban J connectivity index is 1.79. The molecule has 3 rings (SSSR count). The molecule has 2 aromatic heterocycles. The van der Waals surface area contributed by atoms with Crippen molar-refractivity contribution >= 4 is 11.3 Å². The van der Waals surface area contributed by atoms with Gasteiger partial charge in [0, 0.05) is 41.2 Å². The highest BCUT2D eigenvalue weighted by atomic mass is 32.1. The molecule has 1 atom stereocenters. The molecule has 0 aliphatic heterocycles. The highest BCUT2D eigenvalue weighted by molar-refractivity contribution is 7.12. The molecule has 0 spiro atoms. The van der Waals surface area contributed by atoms with E-state index in [1.165, 1.54) is 36.4 Å². The molecule has 3 nitrogen and oxygen atoms in total. The Bertz CT molecular complexity index is 563. The van der Waals surface area contributed by atoms with Gasteiger partial charge in [-0.15, -0.1) is 11.3 Å². The van der Waals surface area contributed by atoms with E-state index < -0.39 is 0 Å². The van der Waals surface area contributed by atoms with Crippen molar-refractivity contribution in [1.29, 1.82) is 0 Å². The quantitative estimate of drug-likeness (QED) is 0.844. The van der Waals surface area contributed by atoms with Gasteiger partial charge in [0.2, 0.25) is 0 Å². The third-order valence-electron chi connectivity index (χ3n) is 4.28. The Morgan fingerprint density at radius 2 is 2.29 bits per heavy atom. The lowest BCUT2D eigenvalue weighted by Gasteiger charge is -2.17. The minimum absolute atomic E-state index is 0.410. The SMILES string of the molecule is CCCNC(Cc1nccn1CC)c1cc2c(s1)CCC2. The summed E-state index contributed by atoms with van der Waals surface area (Å²) in [6, 6.07) is 2.85. The van der Waals surface area contributed by atoms with Crippen LogP contribution in [-0.2, 0) is 25.8 Å². The Morgan fingerprint density at radius 1 is 1.38 bits per heavy atom. The van der Waals surface area contributed by atoms with E-state index in [4.69, 9.17) is 0 Å². The van der Waals surface area contributed by atoms with Gasteiger partial charge in [-0.05, 0) is 50.8 Å². The Morgan fingerprint density at radius 3 is 3.05 bits per heavy atom. The number of fused-ring (bicyclic) bond motifs is 1. The van der Waals surface area contributed by atoms with E-state index in [2.05, 4.69) is 41.0 Å². The van der Waals surface area contributed by atoms with Crippen molar-refractivity contribution in [2.45, 2.75) is 58.5 Å². The first-order valence-corrected chi connectivity index (χ1v) is 8.98. The second kappa shape index (κ2) is 6.75. The summed E-state index contributed by atoms with van der Waals surface area (Å²) < 4.78 is 2.25. The van der Waals surface area contributed by atoms with Crippen molar-refractivity contribution in [3.8, 4) is 0 Å². The van der Waals surface area contributed by atoms with Crippen molar-refractivity contribution in [3.63, 3.8) is 0 Å². The second-order valence-corrected chi connectivity index (χ2v) is 6.96. The Hall–Kier alpha value is -1.13. The molecule has 0 aromatic carbocycles. The maximum Gasteiger partial charge on any atom is 0.110 e. The van der Waals surface area contributed by atoms with E-state index in [9.17, 15) is 0 Å². The predicted molar refractivity (Wildman–Crippen MR) is 89.0 cm³/mol. The maximum absolute atomic E-state index is 4.55. The third kappa shape index (κ3) is 3.22. The van der Waals surface area contributed by atoms with Crippen LogP contribution in [0.15, 0.2) is 18.5 Å². The Kier molecular flexibility index (Phi) is 4.76. The summed E-state index contributed by atoms with van der Waals surface area (Å²) in [6.07, 6.45) is 10.1. The normalized spacial score (nSPS) is 15.3. The molecule has 0 fully saturated rings. The number of aryl methyl sites for hydroxylation is 3. The first-order chi connectivity index (χ1) is 10.3. The monoisotopic (exact) mass is 303 g/mol. The molecule has 0 saturated heterocycles. The number of hydrogen-bond acceptors (Lipinski definition) is 3. The predicted octanol–water partition coefficient (Wildman–Crippen LogP) is 3.74. The molecule has 0 amide bonds. The molecule has 21 heavy (non-hydrogen) atoms. The standard InChI is InChI=1S/C17H25N3S/c1-3-8-18-14(12-17-19-9-10-20(17)4-2)16-11-13-6-5-7-15(13)21-16/h9-11,14,18H,3-8,12H2,1-2H3. The first kappa shape index (κ1) is 14.8. The third-order valence-corrected chi connectivity index (χ3v) is 5.63. The number of nitrogens with zero attached hydrogens (tertiary/aromatic N) is 2. The molecule has 1 unspecified atom stereocenters. The van der Waals surface area contributed by atoms with Crippen molar-refractivity contribution < 1.29 is 0 Å². The van der Waals surface area contributed by atoms with Crippen LogP contribution >= 0.6 is 11.3 Å². The summed E-state index contributed by atoms with van der Waals surface area (Å²) in [4.78, 5) is 7.67. The topological polar surface area (TPSA) is 29.9 Å². The lowest BCUT2D eigenvalue weighted by molar-refractivity contribution is 0.513. The van der Waals surface area contributed by atoms with Crippen LogP contribution in [0.3, 0.4) is 0 Å². The molecule has 1 N–H and O–H groups in total. The molecule has 2 aromatic rings. The minimum atomic E-state index is 0.410. The average Bonchev–Trinajstić information content (AvgIpc) is 3.17. The van der Waals surface area contributed by atoms with Gasteiger partial charge in [0.1, 0.15) is 5.82 Å². The summed E-state index contributed by atoms with van der Waals surface area (Å²) in [5.74, 6) is 1.19. The second-order valence-electron chi connectivity index (χ2n) is 5.79. The molecule has 0 saturated carbocycles. The van der Waals surface area contributed by atoms with Crippen LogP contribution in [0.25, 0.3) is 0 Å². The van der Waals surface area contributed by atoms with Crippen LogP contribution in [0.1, 0.15) is 53.9 Å². The zero-order valence-corrected chi connectivity index (χ0v) is 13.9. The fourth-order valence-electron chi connectivity index (χ4n) is 3.12. The summed E-state index contributed by atoms with van der Waals surface area (Å²) in [7, 11) is 0. The lowest BCUT2D eigenvalue weighted by atomic mass is 10.1. The summed E-state index contributed by atoms with van der Waals surface area (Å²) in [6.45, 7) is 6.47. The fourth-order valence-corrected chi connectivity index (χ4v) is 4.45. The number of nitrogens with one attached hydrogen (secondary N) is 1. The zero-order chi connectivity index (χ0) is 14.7. The van der Waals surface area contributed by atoms with E-state index in [-0.39, 0.29) is 0 Å². The summed E-state index contributed by atoms with van der Waals surface area (Å²) in [5, 5.41) is 3.72. The van der Waals surface area contributed by atoms with E-state index in [1.54, 1.807) is 10.4 Å². The van der Waals surface area contributed by atoms with Gasteiger partial charge < -0.3 is 9.88 Å². The smallest absolute Gasteiger partial charge is 0.110 e. The number of imidazole rings is 1. The first-order valence-electron chi connectivity index (χ1n) is 8.16. The molecule has 114 valence electrons. The van der Waals surface area contributed by atoms with Gasteiger partial charge in [-0.1, -0.05) is 6.92 Å². The fraction of sp³-hybridized carbons (Fsp3) is 0.588. The molecule has 1 aliphatic rings. The van der Waals surface area contributed by atoms with E-state index >= 15 is 0 Å². The lowest BCUT2D eigenvalue weighted by Crippen LogP contribution is -2.24. The van der Waals surface area contributed by atoms with Gasteiger partial charge in [0.15, 0.2) is 0 Å². The van der Waals surface area contributed by atoms with Crippen molar-refractivity contribution in [3.05, 3.63) is 39.6 Å². The number of rotatable bonds is 7. The molecule has 0 radical (unpaired) electrons. The molecular formula is C17H25N3S. The largest absolute Gasteiger partial charge is 0.335 e. The van der Waals surface area contributed by atoms with Gasteiger partial charge in [-0.25, -0.2) is 4.98 Å². The Labute approximate surface area is 131 Å². The van der Waals surface area contributed by atoms with Crippen LogP contribution < -0.4 is 5.32 Å². The van der Waals surface area contributed by atoms with Crippen molar-refractivity contribution in [1.82, 2.24) is 14.9 Å². The van der Waals surface area contributed by atoms with Crippen LogP contribution in [0, 0.1) is 0 Å². The van der Waals surface area contributed by atoms with Gasteiger partial charge in [-0.3, -0.25) is 0 Å². The van der Waals surface area contributed by atoms with Gasteiger partial charge in [-0.2, -0.15) is 0 Å². The molecule has 2 heterocycles. The summed E-state index contributed by atoms with van der Waals surface area (Å²) in [5.41, 5.74) is 1.59. The van der Waals surface area contributed by atoms with Crippen molar-refractivity contribution in [2.24, 2.45) is 0 Å². The number of hydrogen-bond donors (Lipinski definition) is 1. The highest BCUT2D eigenvalue weighted by Crippen LogP contribution is 2.34. The van der Waals surface area contributed by atoms with E-state index in [1.807, 2.05) is 17.5 Å². The molecule has 4 heteroatoms. The molecule has 0 bridgehead atoms. The van der Waals surface area contributed by atoms with Crippen LogP contribution in [0.4, 0.5) is 0 Å². The zero-order valence-electron chi connectivity index (χ0n) is 13.1. The molecule has 1 aliphatic carbocycles.